The summed E-state index contributed by atoms with van der Waals surface area (Å²) >= 11 is 0. The highest BCUT2D eigenvalue weighted by Crippen LogP contribution is 2.36. The Morgan fingerprint density at radius 3 is 1.95 bits per heavy atom. The molecule has 6 nitrogen and oxygen atoms in total. The van der Waals surface area contributed by atoms with Crippen molar-refractivity contribution in [2.75, 3.05) is 6.54 Å². The number of aliphatic carboxylic acids is 1. The van der Waals surface area contributed by atoms with Gasteiger partial charge in [-0.1, -0.05) is 49.2 Å². The molecule has 2 aromatic heterocycles. The van der Waals surface area contributed by atoms with Crippen LogP contribution >= 0.6 is 0 Å². The first-order chi connectivity index (χ1) is 18.9. The summed E-state index contributed by atoms with van der Waals surface area (Å²) in [5.41, 5.74) is 6.97. The summed E-state index contributed by atoms with van der Waals surface area (Å²) in [4.78, 5) is 32.4. The zero-order chi connectivity index (χ0) is 27.4. The van der Waals surface area contributed by atoms with Gasteiger partial charge in [0.2, 0.25) is 5.91 Å². The zero-order valence-electron chi connectivity index (χ0n) is 23.3. The van der Waals surface area contributed by atoms with E-state index in [9.17, 15) is 9.59 Å². The third-order valence-corrected chi connectivity index (χ3v) is 8.80. The molecule has 39 heavy (non-hydrogen) atoms. The van der Waals surface area contributed by atoms with E-state index in [4.69, 9.17) is 5.11 Å². The number of rotatable bonds is 6. The number of para-hydroxylation sites is 2. The molecule has 0 radical (unpaired) electrons. The first-order valence-electron chi connectivity index (χ1n) is 14.6. The number of hydrogen-bond donors (Lipinski definition) is 3. The number of fused-ring (bicyclic) bond motifs is 3. The minimum Gasteiger partial charge on any atom is -0.481 e. The number of amides is 1. The summed E-state index contributed by atoms with van der Waals surface area (Å²) in [5.74, 6) is 0.391. The number of carbonyl (C=O) groups is 2. The van der Waals surface area contributed by atoms with Crippen LogP contribution in [0.1, 0.15) is 73.9 Å². The molecular weight excluding hydrogens is 486 g/mol. The first-order valence-corrected chi connectivity index (χ1v) is 14.6. The van der Waals surface area contributed by atoms with Crippen LogP contribution in [0.25, 0.3) is 21.8 Å². The van der Waals surface area contributed by atoms with Gasteiger partial charge in [0.05, 0.1) is 0 Å². The number of aryl methyl sites for hydroxylation is 4. The quantitative estimate of drug-likeness (QED) is 0.250. The van der Waals surface area contributed by atoms with Gasteiger partial charge < -0.3 is 20.0 Å². The maximum atomic E-state index is 12.9. The van der Waals surface area contributed by atoms with Crippen molar-refractivity contribution in [2.24, 2.45) is 5.92 Å². The number of benzene rings is 2. The summed E-state index contributed by atoms with van der Waals surface area (Å²) in [7, 11) is 0. The molecule has 2 aliphatic rings. The molecule has 0 bridgehead atoms. The molecule has 206 valence electrons. The van der Waals surface area contributed by atoms with Crippen LogP contribution in [-0.4, -0.2) is 44.4 Å². The molecule has 1 saturated heterocycles. The second-order valence-corrected chi connectivity index (χ2v) is 11.3. The van der Waals surface area contributed by atoms with E-state index in [0.717, 1.165) is 41.0 Å². The smallest absolute Gasteiger partial charge is 0.303 e. The molecule has 1 aliphatic heterocycles. The van der Waals surface area contributed by atoms with Crippen LogP contribution in [0.5, 0.6) is 0 Å². The highest BCUT2D eigenvalue weighted by atomic mass is 16.4. The maximum absolute atomic E-state index is 12.9. The summed E-state index contributed by atoms with van der Waals surface area (Å²) in [6, 6.07) is 16.9. The molecule has 2 unspecified atom stereocenters. The van der Waals surface area contributed by atoms with Crippen molar-refractivity contribution >= 4 is 33.7 Å². The average Bonchev–Trinajstić information content (AvgIpc) is 3.44. The zero-order valence-corrected chi connectivity index (χ0v) is 23.3. The van der Waals surface area contributed by atoms with Crippen molar-refractivity contribution < 1.29 is 14.7 Å². The van der Waals surface area contributed by atoms with Gasteiger partial charge in [0.1, 0.15) is 0 Å². The number of nitrogens with zero attached hydrogens (tertiary/aromatic N) is 1. The molecule has 0 spiro atoms. The predicted molar refractivity (Wildman–Crippen MR) is 157 cm³/mol. The molecule has 6 heteroatoms. The topological polar surface area (TPSA) is 89.2 Å². The Morgan fingerprint density at radius 2 is 1.33 bits per heavy atom. The van der Waals surface area contributed by atoms with E-state index in [2.05, 4.69) is 46.1 Å². The standard InChI is InChI=1S/C21H28N2O.C12H13NO2/c1-15-17(18-9-3-4-10-19(18)22-15)12-13-21(24)23-14-6-8-16-7-2-5-11-20(16)23;1-8-9(6-7-12(14)15)10-4-2-3-5-11(10)13-8/h3-4,9-10,16,20,22H,2,5-8,11-14H2,1H3;2-5,13H,6-7H2,1H3,(H,14,15). The minimum atomic E-state index is -0.750. The van der Waals surface area contributed by atoms with E-state index in [1.54, 1.807) is 0 Å². The molecule has 2 aromatic carbocycles. The Kier molecular flexibility index (Phi) is 8.39. The van der Waals surface area contributed by atoms with Gasteiger partial charge in [0.15, 0.2) is 0 Å². The largest absolute Gasteiger partial charge is 0.481 e. The number of carboxylic acid groups (broad SMARTS) is 1. The van der Waals surface area contributed by atoms with Crippen LogP contribution in [0.2, 0.25) is 0 Å². The molecule has 2 atom stereocenters. The number of hydrogen-bond acceptors (Lipinski definition) is 2. The predicted octanol–water partition coefficient (Wildman–Crippen LogP) is 7.08. The summed E-state index contributed by atoms with van der Waals surface area (Å²) in [5, 5.41) is 11.1. The molecule has 6 rings (SSSR count). The number of aromatic nitrogens is 2. The Balaban J connectivity index is 0.000000177. The molecule has 1 amide bonds. The Morgan fingerprint density at radius 1 is 0.795 bits per heavy atom. The Hall–Kier alpha value is -3.54. The fraction of sp³-hybridized carbons (Fsp3) is 0.455. The second-order valence-electron chi connectivity index (χ2n) is 11.3. The molecular formula is C33H41N3O3. The molecule has 3 heterocycles. The molecule has 4 aromatic rings. The second kappa shape index (κ2) is 12.1. The van der Waals surface area contributed by atoms with Crippen LogP contribution in [0.4, 0.5) is 0 Å². The summed E-state index contributed by atoms with van der Waals surface area (Å²) < 4.78 is 0. The van der Waals surface area contributed by atoms with Gasteiger partial charge in [-0.2, -0.15) is 0 Å². The number of nitrogens with one attached hydrogen (secondary N) is 2. The third kappa shape index (κ3) is 6.05. The van der Waals surface area contributed by atoms with E-state index in [1.807, 2.05) is 31.2 Å². The van der Waals surface area contributed by atoms with Crippen molar-refractivity contribution in [3.05, 3.63) is 71.0 Å². The monoisotopic (exact) mass is 527 g/mol. The van der Waals surface area contributed by atoms with Crippen molar-refractivity contribution in [3.63, 3.8) is 0 Å². The van der Waals surface area contributed by atoms with Gasteiger partial charge >= 0.3 is 5.97 Å². The fourth-order valence-corrected chi connectivity index (χ4v) is 6.86. The number of piperidine rings is 1. The van der Waals surface area contributed by atoms with Crippen molar-refractivity contribution in [3.8, 4) is 0 Å². The lowest BCUT2D eigenvalue weighted by atomic mass is 9.78. The van der Waals surface area contributed by atoms with Gasteiger partial charge in [-0.05, 0) is 81.5 Å². The molecule has 2 fully saturated rings. The average molecular weight is 528 g/mol. The van der Waals surface area contributed by atoms with E-state index in [-0.39, 0.29) is 6.42 Å². The molecule has 1 aliphatic carbocycles. The maximum Gasteiger partial charge on any atom is 0.303 e. The fourth-order valence-electron chi connectivity index (χ4n) is 6.86. The lowest BCUT2D eigenvalue weighted by molar-refractivity contribution is -0.138. The van der Waals surface area contributed by atoms with Crippen LogP contribution in [0.15, 0.2) is 48.5 Å². The van der Waals surface area contributed by atoms with Gasteiger partial charge in [0, 0.05) is 58.6 Å². The van der Waals surface area contributed by atoms with E-state index < -0.39 is 5.97 Å². The first kappa shape index (κ1) is 27.0. The summed E-state index contributed by atoms with van der Waals surface area (Å²) in [6.07, 6.45) is 10.0. The Bertz CT molecular complexity index is 1450. The van der Waals surface area contributed by atoms with Gasteiger partial charge in [-0.15, -0.1) is 0 Å². The minimum absolute atomic E-state index is 0.183. The number of carboxylic acids is 1. The van der Waals surface area contributed by atoms with Gasteiger partial charge in [-0.25, -0.2) is 0 Å². The Labute approximate surface area is 230 Å². The number of H-pyrrole nitrogens is 2. The van der Waals surface area contributed by atoms with Crippen LogP contribution < -0.4 is 0 Å². The van der Waals surface area contributed by atoms with Crippen molar-refractivity contribution in [2.45, 2.75) is 84.1 Å². The molecule has 1 saturated carbocycles. The van der Waals surface area contributed by atoms with Gasteiger partial charge in [0.25, 0.3) is 0 Å². The van der Waals surface area contributed by atoms with Crippen LogP contribution in [0, 0.1) is 19.8 Å². The molecule has 3 N–H and O–H groups in total. The lowest BCUT2D eigenvalue weighted by Gasteiger charge is -2.44. The number of carbonyl (C=O) groups excluding carboxylic acids is 1. The van der Waals surface area contributed by atoms with E-state index >= 15 is 0 Å². The number of likely N-dealkylation sites (tertiary alicyclic amines) is 1. The highest BCUT2D eigenvalue weighted by Gasteiger charge is 2.35. The SMILES string of the molecule is Cc1[nH]c2ccccc2c1CCC(=O)N1CCCC2CCCCC21.Cc1[nH]c2ccccc2c1CCC(=O)O. The van der Waals surface area contributed by atoms with E-state index in [0.29, 0.717) is 24.8 Å². The lowest BCUT2D eigenvalue weighted by Crippen LogP contribution is -2.49. The highest BCUT2D eigenvalue weighted by molar-refractivity contribution is 5.86. The van der Waals surface area contributed by atoms with Crippen molar-refractivity contribution in [1.29, 1.82) is 0 Å². The number of aromatic amines is 2. The normalized spacial score (nSPS) is 19.0. The van der Waals surface area contributed by atoms with Crippen LogP contribution in [-0.2, 0) is 22.4 Å². The van der Waals surface area contributed by atoms with Crippen molar-refractivity contribution in [1.82, 2.24) is 14.9 Å². The van der Waals surface area contributed by atoms with Crippen LogP contribution in [0.3, 0.4) is 0 Å². The van der Waals surface area contributed by atoms with E-state index in [1.165, 1.54) is 60.7 Å². The van der Waals surface area contributed by atoms with Gasteiger partial charge in [-0.3, -0.25) is 9.59 Å². The third-order valence-electron chi connectivity index (χ3n) is 8.80. The summed E-state index contributed by atoms with van der Waals surface area (Å²) in [6.45, 7) is 5.09.